The molecule has 0 fully saturated rings. The van der Waals surface area contributed by atoms with Gasteiger partial charge in [-0.15, -0.1) is 0 Å². The molecule has 0 bridgehead atoms. The fourth-order valence-electron chi connectivity index (χ4n) is 1.56. The van der Waals surface area contributed by atoms with Gasteiger partial charge < -0.3 is 9.52 Å². The van der Waals surface area contributed by atoms with Crippen molar-refractivity contribution in [3.8, 4) is 5.75 Å². The molecular formula is C12H7F2O4-. The van der Waals surface area contributed by atoms with E-state index in [0.717, 1.165) is 12.1 Å². The third-order valence-electron chi connectivity index (χ3n) is 2.50. The lowest BCUT2D eigenvalue weighted by Gasteiger charge is -2.10. The predicted octanol–water partition coefficient (Wildman–Crippen LogP) is 1.74. The first kappa shape index (κ1) is 12.2. The predicted molar refractivity (Wildman–Crippen MR) is 56.5 cm³/mol. The third kappa shape index (κ3) is 1.75. The van der Waals surface area contributed by atoms with Crippen molar-refractivity contribution in [2.24, 2.45) is 0 Å². The van der Waals surface area contributed by atoms with Crippen LogP contribution in [0.3, 0.4) is 0 Å². The molecule has 1 heterocycles. The SMILES string of the molecule is CCC(=O)c1cc2cc(F)c([O-])c(F)c2oc1=O. The highest BCUT2D eigenvalue weighted by atomic mass is 19.1. The first-order valence-corrected chi connectivity index (χ1v) is 5.11. The van der Waals surface area contributed by atoms with Crippen LogP contribution in [0.5, 0.6) is 5.75 Å². The number of benzene rings is 1. The minimum atomic E-state index is -1.47. The Bertz CT molecular complexity index is 703. The van der Waals surface area contributed by atoms with E-state index in [0.29, 0.717) is 0 Å². The van der Waals surface area contributed by atoms with E-state index >= 15 is 0 Å². The van der Waals surface area contributed by atoms with Gasteiger partial charge in [0.2, 0.25) is 0 Å². The first-order chi connectivity index (χ1) is 8.45. The average molecular weight is 253 g/mol. The number of Topliss-reactive ketones (excluding diaryl/α,β-unsaturated/α-hetero) is 1. The quantitative estimate of drug-likeness (QED) is 0.603. The van der Waals surface area contributed by atoms with Crippen molar-refractivity contribution in [3.63, 3.8) is 0 Å². The van der Waals surface area contributed by atoms with Gasteiger partial charge in [0, 0.05) is 11.8 Å². The highest BCUT2D eigenvalue weighted by Crippen LogP contribution is 2.26. The second-order valence-corrected chi connectivity index (χ2v) is 3.64. The average Bonchev–Trinajstić information content (AvgIpc) is 2.36. The van der Waals surface area contributed by atoms with E-state index in [2.05, 4.69) is 4.42 Å². The maximum absolute atomic E-state index is 13.4. The summed E-state index contributed by atoms with van der Waals surface area (Å²) in [5.41, 5.74) is -1.97. The van der Waals surface area contributed by atoms with Crippen molar-refractivity contribution >= 4 is 16.8 Å². The topological polar surface area (TPSA) is 70.3 Å². The number of hydrogen-bond acceptors (Lipinski definition) is 4. The summed E-state index contributed by atoms with van der Waals surface area (Å²) < 4.78 is 31.0. The van der Waals surface area contributed by atoms with Crippen LogP contribution in [0.15, 0.2) is 21.3 Å². The molecule has 4 nitrogen and oxygen atoms in total. The standard InChI is InChI=1S/C12H8F2O4/c1-2-8(15)6-3-5-4-7(13)10(16)9(14)11(5)18-12(6)17/h3-4,16H,2H2,1H3/p-1. The largest absolute Gasteiger partial charge is 0.868 e. The zero-order chi connectivity index (χ0) is 13.4. The molecule has 6 heteroatoms. The number of carbonyl (C=O) groups is 1. The molecule has 0 aliphatic rings. The Morgan fingerprint density at radius 2 is 2.06 bits per heavy atom. The molecule has 0 atom stereocenters. The van der Waals surface area contributed by atoms with Crippen molar-refractivity contribution in [1.82, 2.24) is 0 Å². The van der Waals surface area contributed by atoms with Crippen LogP contribution in [-0.4, -0.2) is 5.78 Å². The summed E-state index contributed by atoms with van der Waals surface area (Å²) >= 11 is 0. The van der Waals surface area contributed by atoms with Gasteiger partial charge in [0.25, 0.3) is 0 Å². The molecule has 2 rings (SSSR count). The Balaban J connectivity index is 2.85. The highest BCUT2D eigenvalue weighted by Gasteiger charge is 2.15. The van der Waals surface area contributed by atoms with Crippen molar-refractivity contribution in [1.29, 1.82) is 0 Å². The molecule has 1 aromatic heterocycles. The van der Waals surface area contributed by atoms with Crippen molar-refractivity contribution in [2.45, 2.75) is 13.3 Å². The maximum atomic E-state index is 13.4. The van der Waals surface area contributed by atoms with Crippen LogP contribution in [-0.2, 0) is 0 Å². The molecule has 0 N–H and O–H groups in total. The van der Waals surface area contributed by atoms with Gasteiger partial charge in [-0.1, -0.05) is 6.92 Å². The second kappa shape index (κ2) is 4.21. The Labute approximate surface area is 99.5 Å². The number of rotatable bonds is 2. The van der Waals surface area contributed by atoms with E-state index < -0.39 is 34.4 Å². The number of carbonyl (C=O) groups excluding carboxylic acids is 1. The van der Waals surface area contributed by atoms with Gasteiger partial charge in [0.15, 0.2) is 17.2 Å². The minimum absolute atomic E-state index is 0.0564. The minimum Gasteiger partial charge on any atom is -0.868 e. The summed E-state index contributed by atoms with van der Waals surface area (Å²) in [7, 11) is 0. The first-order valence-electron chi connectivity index (χ1n) is 5.11. The van der Waals surface area contributed by atoms with Crippen molar-refractivity contribution < 1.29 is 23.1 Å². The van der Waals surface area contributed by atoms with Gasteiger partial charge in [0.1, 0.15) is 11.4 Å². The lowest BCUT2D eigenvalue weighted by Crippen LogP contribution is -2.13. The molecule has 1 aromatic carbocycles. The van der Waals surface area contributed by atoms with Crippen LogP contribution in [0.2, 0.25) is 0 Å². The van der Waals surface area contributed by atoms with Gasteiger partial charge >= 0.3 is 5.63 Å². The number of hydrogen-bond donors (Lipinski definition) is 0. The third-order valence-corrected chi connectivity index (χ3v) is 2.50. The van der Waals surface area contributed by atoms with Gasteiger partial charge in [0.05, 0.1) is 0 Å². The van der Waals surface area contributed by atoms with Crippen LogP contribution >= 0.6 is 0 Å². The van der Waals surface area contributed by atoms with Crippen molar-refractivity contribution in [2.75, 3.05) is 0 Å². The molecule has 18 heavy (non-hydrogen) atoms. The zero-order valence-corrected chi connectivity index (χ0v) is 9.25. The van der Waals surface area contributed by atoms with E-state index in [1.165, 1.54) is 6.92 Å². The molecule has 0 spiro atoms. The fourth-order valence-corrected chi connectivity index (χ4v) is 1.56. The highest BCUT2D eigenvalue weighted by molar-refractivity contribution is 5.98. The van der Waals surface area contributed by atoms with Crippen molar-refractivity contribution in [3.05, 3.63) is 39.8 Å². The summed E-state index contributed by atoms with van der Waals surface area (Å²) in [6.07, 6.45) is 0.0564. The molecular weight excluding hydrogens is 246 g/mol. The van der Waals surface area contributed by atoms with Gasteiger partial charge in [-0.3, -0.25) is 4.79 Å². The molecule has 94 valence electrons. The molecule has 0 aliphatic heterocycles. The monoisotopic (exact) mass is 253 g/mol. The molecule has 0 radical (unpaired) electrons. The Morgan fingerprint density at radius 3 is 2.67 bits per heavy atom. The normalized spacial score (nSPS) is 10.8. The van der Waals surface area contributed by atoms with Crippen LogP contribution in [0.25, 0.3) is 11.0 Å². The number of fused-ring (bicyclic) bond motifs is 1. The van der Waals surface area contributed by atoms with E-state index in [1.807, 2.05) is 0 Å². The molecule has 0 saturated heterocycles. The summed E-state index contributed by atoms with van der Waals surface area (Å²) in [6.45, 7) is 1.54. The van der Waals surface area contributed by atoms with Gasteiger partial charge in [-0.05, 0) is 17.9 Å². The van der Waals surface area contributed by atoms with E-state index in [4.69, 9.17) is 0 Å². The Morgan fingerprint density at radius 1 is 1.39 bits per heavy atom. The number of ketones is 1. The molecule has 0 saturated carbocycles. The van der Waals surface area contributed by atoms with Gasteiger partial charge in [-0.2, -0.15) is 0 Å². The van der Waals surface area contributed by atoms with Gasteiger partial charge in [-0.25, -0.2) is 13.6 Å². The molecule has 2 aromatic rings. The van der Waals surface area contributed by atoms with Crippen LogP contribution in [0.4, 0.5) is 8.78 Å². The lowest BCUT2D eigenvalue weighted by atomic mass is 10.1. The van der Waals surface area contributed by atoms with E-state index in [-0.39, 0.29) is 17.4 Å². The van der Waals surface area contributed by atoms with E-state index in [1.54, 1.807) is 0 Å². The summed E-state index contributed by atoms with van der Waals surface area (Å²) in [6, 6.07) is 1.76. The molecule has 0 amide bonds. The Hall–Kier alpha value is -2.24. The number of halogens is 2. The summed E-state index contributed by atoms with van der Waals surface area (Å²) in [5, 5.41) is 10.9. The van der Waals surface area contributed by atoms with Crippen LogP contribution < -0.4 is 10.7 Å². The smallest absolute Gasteiger partial charge is 0.347 e. The zero-order valence-electron chi connectivity index (χ0n) is 9.25. The van der Waals surface area contributed by atoms with Crippen LogP contribution in [0, 0.1) is 11.6 Å². The van der Waals surface area contributed by atoms with E-state index in [9.17, 15) is 23.5 Å². The second-order valence-electron chi connectivity index (χ2n) is 3.64. The lowest BCUT2D eigenvalue weighted by molar-refractivity contribution is -0.276. The Kier molecular flexibility index (Phi) is 2.86. The summed E-state index contributed by atoms with van der Waals surface area (Å²) in [5.74, 6) is -4.75. The summed E-state index contributed by atoms with van der Waals surface area (Å²) in [4.78, 5) is 22.8. The fraction of sp³-hybridized carbons (Fsp3) is 0.167. The molecule has 0 unspecified atom stereocenters. The molecule has 0 aliphatic carbocycles. The van der Waals surface area contributed by atoms with Crippen LogP contribution in [0.1, 0.15) is 23.7 Å². The maximum Gasteiger partial charge on any atom is 0.347 e.